The number of halogens is 2. The molecular formula is C25H30Cl2N2O2S. The van der Waals surface area contributed by atoms with Crippen molar-refractivity contribution in [2.45, 2.75) is 69.0 Å². The minimum Gasteiger partial charge on any atom is -0.352 e. The van der Waals surface area contributed by atoms with E-state index in [1.165, 1.54) is 0 Å². The zero-order valence-corrected chi connectivity index (χ0v) is 20.7. The van der Waals surface area contributed by atoms with Crippen molar-refractivity contribution in [1.82, 2.24) is 10.2 Å². The summed E-state index contributed by atoms with van der Waals surface area (Å²) in [5.74, 6) is 0.694. The van der Waals surface area contributed by atoms with Crippen molar-refractivity contribution in [3.8, 4) is 0 Å². The third kappa shape index (κ3) is 7.43. The molecule has 0 unspecified atom stereocenters. The van der Waals surface area contributed by atoms with Crippen LogP contribution in [0.2, 0.25) is 10.0 Å². The fraction of sp³-hybridized carbons (Fsp3) is 0.440. The van der Waals surface area contributed by atoms with Crippen molar-refractivity contribution in [1.29, 1.82) is 0 Å². The average Bonchev–Trinajstić information content (AvgIpc) is 3.30. The van der Waals surface area contributed by atoms with Gasteiger partial charge in [0.25, 0.3) is 0 Å². The predicted octanol–water partition coefficient (Wildman–Crippen LogP) is 6.34. The van der Waals surface area contributed by atoms with Gasteiger partial charge in [-0.25, -0.2) is 0 Å². The molecule has 1 saturated carbocycles. The van der Waals surface area contributed by atoms with E-state index < -0.39 is 6.04 Å². The smallest absolute Gasteiger partial charge is 0.242 e. The van der Waals surface area contributed by atoms with Gasteiger partial charge in [-0.2, -0.15) is 0 Å². The van der Waals surface area contributed by atoms with Gasteiger partial charge in [0, 0.05) is 33.9 Å². The van der Waals surface area contributed by atoms with E-state index >= 15 is 0 Å². The summed E-state index contributed by atoms with van der Waals surface area (Å²) in [5, 5.41) is 4.44. The predicted molar refractivity (Wildman–Crippen MR) is 133 cm³/mol. The molecule has 0 aliphatic heterocycles. The van der Waals surface area contributed by atoms with Crippen molar-refractivity contribution in [2.75, 3.05) is 5.75 Å². The van der Waals surface area contributed by atoms with Gasteiger partial charge < -0.3 is 10.2 Å². The molecule has 1 aliphatic carbocycles. The monoisotopic (exact) mass is 492 g/mol. The highest BCUT2D eigenvalue weighted by Crippen LogP contribution is 2.23. The van der Waals surface area contributed by atoms with Crippen LogP contribution in [0.5, 0.6) is 0 Å². The summed E-state index contributed by atoms with van der Waals surface area (Å²) < 4.78 is 0. The molecule has 0 heterocycles. The van der Waals surface area contributed by atoms with Gasteiger partial charge in [-0.1, -0.05) is 54.2 Å². The Morgan fingerprint density at radius 2 is 1.78 bits per heavy atom. The molecule has 0 aromatic heterocycles. The molecule has 0 radical (unpaired) electrons. The summed E-state index contributed by atoms with van der Waals surface area (Å²) in [6, 6.07) is 14.8. The lowest BCUT2D eigenvalue weighted by Gasteiger charge is -2.30. The van der Waals surface area contributed by atoms with Gasteiger partial charge in [0.05, 0.1) is 0 Å². The fourth-order valence-electron chi connectivity index (χ4n) is 3.87. The van der Waals surface area contributed by atoms with Gasteiger partial charge in [0.15, 0.2) is 0 Å². The Bertz CT molecular complexity index is 901. The number of nitrogens with one attached hydrogen (secondary N) is 1. The number of carbonyl (C=O) groups is 2. The highest BCUT2D eigenvalue weighted by atomic mass is 35.5. The van der Waals surface area contributed by atoms with E-state index in [1.54, 1.807) is 16.7 Å². The van der Waals surface area contributed by atoms with Gasteiger partial charge >= 0.3 is 0 Å². The first-order chi connectivity index (χ1) is 15.4. The molecule has 0 saturated heterocycles. The molecule has 0 spiro atoms. The summed E-state index contributed by atoms with van der Waals surface area (Å²) in [5.41, 5.74) is 0.846. The normalized spacial score (nSPS) is 14.8. The van der Waals surface area contributed by atoms with Crippen LogP contribution in [0.3, 0.4) is 0 Å². The number of amides is 2. The number of nitrogens with zero attached hydrogens (tertiary/aromatic N) is 1. The third-order valence-electron chi connectivity index (χ3n) is 5.78. The first kappa shape index (κ1) is 24.9. The fourth-order valence-corrected chi connectivity index (χ4v) is 5.05. The molecule has 7 heteroatoms. The Kier molecular flexibility index (Phi) is 9.76. The standard InChI is InChI=1S/C25H30Cl2N2O2S/c1-18(25(31)28-21-8-3-4-9-21)29(17-19-7-2-5-10-23(19)27)24(30)11-6-16-32-22-14-12-20(26)13-15-22/h2,5,7,10,12-15,18,21H,3-4,6,8-9,11,16-17H2,1H3,(H,28,31)/t18-/m1/s1. The Labute approximate surface area is 205 Å². The van der Waals surface area contributed by atoms with E-state index in [0.29, 0.717) is 23.0 Å². The first-order valence-corrected chi connectivity index (χ1v) is 12.9. The van der Waals surface area contributed by atoms with Crippen LogP contribution in [-0.4, -0.2) is 34.6 Å². The Balaban J connectivity index is 1.60. The lowest BCUT2D eigenvalue weighted by atomic mass is 10.1. The van der Waals surface area contributed by atoms with Crippen molar-refractivity contribution < 1.29 is 9.59 Å². The number of benzene rings is 2. The molecule has 2 aromatic rings. The number of rotatable bonds is 10. The average molecular weight is 494 g/mol. The van der Waals surface area contributed by atoms with E-state index in [4.69, 9.17) is 23.2 Å². The molecular weight excluding hydrogens is 463 g/mol. The maximum Gasteiger partial charge on any atom is 0.242 e. The SMILES string of the molecule is C[C@H](C(=O)NC1CCCC1)N(Cc1ccccc1Cl)C(=O)CCCSc1ccc(Cl)cc1. The lowest BCUT2D eigenvalue weighted by molar-refractivity contribution is -0.140. The number of carbonyl (C=O) groups excluding carboxylic acids is 2. The zero-order chi connectivity index (χ0) is 22.9. The topological polar surface area (TPSA) is 49.4 Å². The lowest BCUT2D eigenvalue weighted by Crippen LogP contribution is -2.49. The summed E-state index contributed by atoms with van der Waals surface area (Å²) in [6.07, 6.45) is 5.42. The van der Waals surface area contributed by atoms with Crippen LogP contribution in [0.4, 0.5) is 0 Å². The van der Waals surface area contributed by atoms with Crippen LogP contribution in [-0.2, 0) is 16.1 Å². The molecule has 1 atom stereocenters. The van der Waals surface area contributed by atoms with Gasteiger partial charge in [0.2, 0.25) is 11.8 Å². The highest BCUT2D eigenvalue weighted by Gasteiger charge is 2.28. The number of thioether (sulfide) groups is 1. The van der Waals surface area contributed by atoms with Crippen LogP contribution >= 0.6 is 35.0 Å². The second-order valence-corrected chi connectivity index (χ2v) is 10.2. The third-order valence-corrected chi connectivity index (χ3v) is 7.50. The maximum absolute atomic E-state index is 13.2. The van der Waals surface area contributed by atoms with Crippen LogP contribution < -0.4 is 5.32 Å². The molecule has 32 heavy (non-hydrogen) atoms. The molecule has 2 amide bonds. The molecule has 2 aromatic carbocycles. The van der Waals surface area contributed by atoms with Crippen molar-refractivity contribution in [2.24, 2.45) is 0 Å². The second-order valence-electron chi connectivity index (χ2n) is 8.18. The molecule has 172 valence electrons. The first-order valence-electron chi connectivity index (χ1n) is 11.2. The van der Waals surface area contributed by atoms with E-state index in [0.717, 1.165) is 48.3 Å². The largest absolute Gasteiger partial charge is 0.352 e. The molecule has 4 nitrogen and oxygen atoms in total. The van der Waals surface area contributed by atoms with Crippen LogP contribution in [0.25, 0.3) is 0 Å². The van der Waals surface area contributed by atoms with E-state index in [-0.39, 0.29) is 17.9 Å². The van der Waals surface area contributed by atoms with Crippen molar-refractivity contribution in [3.63, 3.8) is 0 Å². The van der Waals surface area contributed by atoms with Gasteiger partial charge in [-0.15, -0.1) is 11.8 Å². The quantitative estimate of drug-likeness (QED) is 0.310. The zero-order valence-electron chi connectivity index (χ0n) is 18.4. The Morgan fingerprint density at radius 1 is 1.09 bits per heavy atom. The Hall–Kier alpha value is -1.69. The second kappa shape index (κ2) is 12.5. The van der Waals surface area contributed by atoms with Gasteiger partial charge in [-0.3, -0.25) is 9.59 Å². The van der Waals surface area contributed by atoms with Gasteiger partial charge in [-0.05, 0) is 67.8 Å². The van der Waals surface area contributed by atoms with Crippen molar-refractivity contribution >= 4 is 46.8 Å². The molecule has 1 aliphatic rings. The summed E-state index contributed by atoms with van der Waals surface area (Å²) in [7, 11) is 0. The minimum atomic E-state index is -0.553. The summed E-state index contributed by atoms with van der Waals surface area (Å²) in [6.45, 7) is 2.13. The van der Waals surface area contributed by atoms with Gasteiger partial charge in [0.1, 0.15) is 6.04 Å². The molecule has 1 fully saturated rings. The maximum atomic E-state index is 13.2. The van der Waals surface area contributed by atoms with Crippen molar-refractivity contribution in [3.05, 3.63) is 64.1 Å². The van der Waals surface area contributed by atoms with Crippen LogP contribution in [0, 0.1) is 0 Å². The number of hydrogen-bond acceptors (Lipinski definition) is 3. The minimum absolute atomic E-state index is 0.0318. The summed E-state index contributed by atoms with van der Waals surface area (Å²) in [4.78, 5) is 28.9. The summed E-state index contributed by atoms with van der Waals surface area (Å²) >= 11 is 14.0. The van der Waals surface area contributed by atoms with E-state index in [9.17, 15) is 9.59 Å². The van der Waals surface area contributed by atoms with Crippen LogP contribution in [0.15, 0.2) is 53.4 Å². The molecule has 3 rings (SSSR count). The van der Waals surface area contributed by atoms with E-state index in [1.807, 2.05) is 55.5 Å². The molecule has 1 N–H and O–H groups in total. The Morgan fingerprint density at radius 3 is 2.47 bits per heavy atom. The highest BCUT2D eigenvalue weighted by molar-refractivity contribution is 7.99. The molecule has 0 bridgehead atoms. The van der Waals surface area contributed by atoms with Crippen LogP contribution in [0.1, 0.15) is 51.0 Å². The number of hydrogen-bond donors (Lipinski definition) is 1. The van der Waals surface area contributed by atoms with E-state index in [2.05, 4.69) is 5.32 Å².